The van der Waals surface area contributed by atoms with Crippen LogP contribution in [0, 0.1) is 0 Å². The Morgan fingerprint density at radius 1 is 0.692 bits per heavy atom. The standard InChI is InChI=1S/C44H68N3O4P/c1-7-13-15-17-19-21-39(48)45-37-31-33(47(27-9-3)28-10-4)23-25-35(37)41-43(50)42(44(41)51)36-26-24-34(52(29-11-5)30-12-6)32-38(36)46-40(49)22-20-18-16-14-8-2/h23-26,31-32,50,52H,7-22,27-30H2,1-6H3,(H,45,48)(H,46,49)/b42-36+. The largest absolute Gasteiger partial charge is 0.506 e. The van der Waals surface area contributed by atoms with E-state index in [1.54, 1.807) is 0 Å². The number of Topliss-reactive ketones (excluding diaryl/α,β-unsaturated/α-hetero) is 1. The first-order valence-electron chi connectivity index (χ1n) is 20.6. The predicted molar refractivity (Wildman–Crippen MR) is 225 cm³/mol. The van der Waals surface area contributed by atoms with Crippen LogP contribution in [0.5, 0.6) is 0 Å². The van der Waals surface area contributed by atoms with Gasteiger partial charge in [0, 0.05) is 48.5 Å². The number of hydrogen-bond acceptors (Lipinski definition) is 5. The van der Waals surface area contributed by atoms with Crippen molar-refractivity contribution >= 4 is 47.4 Å². The van der Waals surface area contributed by atoms with E-state index in [1.807, 2.05) is 24.3 Å². The monoisotopic (exact) mass is 733 g/mol. The zero-order valence-corrected chi connectivity index (χ0v) is 34.2. The van der Waals surface area contributed by atoms with Crippen LogP contribution < -0.4 is 15.5 Å². The lowest BCUT2D eigenvalue weighted by Crippen LogP contribution is -2.30. The number of ketones is 1. The van der Waals surface area contributed by atoms with Gasteiger partial charge in [-0.15, -0.1) is 7.55 Å². The highest BCUT2D eigenvalue weighted by Gasteiger charge is 2.39. The summed E-state index contributed by atoms with van der Waals surface area (Å²) in [5.74, 6) is -0.530. The van der Waals surface area contributed by atoms with Crippen LogP contribution in [0.15, 0.2) is 59.0 Å². The molecule has 0 aliphatic heterocycles. The molecule has 8 heteroatoms. The molecular weight excluding hydrogens is 665 g/mol. The minimum Gasteiger partial charge on any atom is -0.506 e. The van der Waals surface area contributed by atoms with Crippen LogP contribution in [0.3, 0.4) is 0 Å². The Kier molecular flexibility index (Phi) is 19.4. The normalized spacial score (nSPS) is 15.6. The summed E-state index contributed by atoms with van der Waals surface area (Å²) in [5.41, 5.74) is 3.62. The molecule has 0 saturated carbocycles. The molecule has 288 valence electrons. The van der Waals surface area contributed by atoms with Gasteiger partial charge in [-0.1, -0.05) is 118 Å². The number of allylic oxidation sites excluding steroid dienone is 5. The molecule has 1 aromatic rings. The summed E-state index contributed by atoms with van der Waals surface area (Å²) in [6.45, 7) is 14.8. The number of benzene rings is 1. The molecule has 0 radical (unpaired) electrons. The fourth-order valence-corrected chi connectivity index (χ4v) is 9.87. The minimum atomic E-state index is -0.830. The van der Waals surface area contributed by atoms with E-state index >= 15 is 0 Å². The van der Waals surface area contributed by atoms with Crippen molar-refractivity contribution in [1.29, 1.82) is 0 Å². The third-order valence-corrected chi connectivity index (χ3v) is 13.3. The molecule has 7 nitrogen and oxygen atoms in total. The smallest absolute Gasteiger partial charge is 0.224 e. The Morgan fingerprint density at radius 3 is 1.81 bits per heavy atom. The van der Waals surface area contributed by atoms with Crippen molar-refractivity contribution in [1.82, 2.24) is 5.32 Å². The zero-order valence-electron chi connectivity index (χ0n) is 33.2. The molecular formula is C44H68N3O4P. The highest BCUT2D eigenvalue weighted by atomic mass is 31.1. The number of hydrogen-bond donors (Lipinski definition) is 3. The summed E-state index contributed by atoms with van der Waals surface area (Å²) >= 11 is 0. The fraction of sp³-hybridized carbons (Fsp3) is 0.591. The molecule has 0 spiro atoms. The van der Waals surface area contributed by atoms with Crippen molar-refractivity contribution < 1.29 is 19.5 Å². The Hall–Kier alpha value is -3.31. The Morgan fingerprint density at radius 2 is 1.27 bits per heavy atom. The molecule has 3 rings (SSSR count). The molecule has 0 aromatic heterocycles. The van der Waals surface area contributed by atoms with E-state index in [2.05, 4.69) is 69.2 Å². The predicted octanol–water partition coefficient (Wildman–Crippen LogP) is 10.9. The highest BCUT2D eigenvalue weighted by molar-refractivity contribution is 7.59. The molecule has 2 aliphatic rings. The van der Waals surface area contributed by atoms with Gasteiger partial charge >= 0.3 is 0 Å². The Balaban J connectivity index is 2.05. The van der Waals surface area contributed by atoms with Crippen LogP contribution in [-0.4, -0.2) is 53.4 Å². The maximum atomic E-state index is 14.2. The number of nitrogens with zero attached hydrogens (tertiary/aromatic N) is 1. The van der Waals surface area contributed by atoms with Gasteiger partial charge in [0.1, 0.15) is 5.76 Å². The molecule has 2 amide bonds. The van der Waals surface area contributed by atoms with Gasteiger partial charge in [0.25, 0.3) is 0 Å². The first-order chi connectivity index (χ1) is 25.2. The topological polar surface area (TPSA) is 98.7 Å². The molecule has 3 N–H and O–H groups in total. The molecule has 0 saturated heterocycles. The average molecular weight is 734 g/mol. The average Bonchev–Trinajstić information content (AvgIpc) is 3.12. The van der Waals surface area contributed by atoms with Crippen molar-refractivity contribution in [3.05, 3.63) is 64.6 Å². The second-order valence-electron chi connectivity index (χ2n) is 14.4. The summed E-state index contributed by atoms with van der Waals surface area (Å²) < 4.78 is 0. The maximum Gasteiger partial charge on any atom is 0.224 e. The number of rotatable bonds is 24. The van der Waals surface area contributed by atoms with Crippen molar-refractivity contribution in [2.24, 2.45) is 0 Å². The van der Waals surface area contributed by atoms with Crippen LogP contribution in [-0.2, 0) is 14.4 Å². The lowest BCUT2D eigenvalue weighted by molar-refractivity contribution is -0.120. The number of amides is 2. The van der Waals surface area contributed by atoms with Crippen molar-refractivity contribution in [2.75, 3.05) is 35.6 Å². The number of carbonyl (C=O) groups excluding carboxylic acids is 3. The third-order valence-electron chi connectivity index (χ3n) is 9.92. The number of aliphatic hydroxyl groups excluding tert-OH is 1. The molecule has 0 fully saturated rings. The van der Waals surface area contributed by atoms with Crippen LogP contribution in [0.2, 0.25) is 0 Å². The summed E-state index contributed by atoms with van der Waals surface area (Å²) in [6, 6.07) is 5.80. The lowest BCUT2D eigenvalue weighted by atomic mass is 9.78. The maximum absolute atomic E-state index is 14.2. The van der Waals surface area contributed by atoms with E-state index in [1.165, 1.54) is 18.1 Å². The van der Waals surface area contributed by atoms with Gasteiger partial charge in [0.15, 0.2) is 0 Å². The van der Waals surface area contributed by atoms with E-state index in [0.717, 1.165) is 108 Å². The van der Waals surface area contributed by atoms with Crippen molar-refractivity contribution in [3.63, 3.8) is 0 Å². The summed E-state index contributed by atoms with van der Waals surface area (Å²) in [6.07, 6.45) is 23.9. The number of anilines is 2. The molecule has 1 aromatic carbocycles. The molecule has 52 heavy (non-hydrogen) atoms. The minimum absolute atomic E-state index is 0.0651. The molecule has 0 unspecified atom stereocenters. The Bertz CT molecular complexity index is 1520. The first-order valence-corrected chi connectivity index (χ1v) is 22.5. The quantitative estimate of drug-likeness (QED) is 0.0558. The second kappa shape index (κ2) is 23.4. The van der Waals surface area contributed by atoms with Gasteiger partial charge < -0.3 is 20.6 Å². The van der Waals surface area contributed by atoms with Gasteiger partial charge in [0.2, 0.25) is 17.6 Å². The number of aliphatic hydroxyl groups is 1. The van der Waals surface area contributed by atoms with Gasteiger partial charge in [-0.25, -0.2) is 0 Å². The van der Waals surface area contributed by atoms with Gasteiger partial charge in [-0.05, 0) is 67.6 Å². The first kappa shape index (κ1) is 43.1. The SMILES string of the molecule is CCCCCCCC(=O)NC1=CC(=[PH](CCC)CCC)C=C/C1=C1\C(=O)C(c2ccc(N(CCC)CCC)cc2NC(=O)CCCCCCC)=C1O. The van der Waals surface area contributed by atoms with Gasteiger partial charge in [-0.2, -0.15) is 0 Å². The zero-order chi connectivity index (χ0) is 37.9. The van der Waals surface area contributed by atoms with E-state index in [9.17, 15) is 19.5 Å². The highest BCUT2D eigenvalue weighted by Crippen LogP contribution is 2.44. The molecule has 2 aliphatic carbocycles. The van der Waals surface area contributed by atoms with Crippen LogP contribution >= 0.6 is 7.55 Å². The van der Waals surface area contributed by atoms with Crippen LogP contribution in [0.25, 0.3) is 5.57 Å². The van der Waals surface area contributed by atoms with E-state index in [0.29, 0.717) is 35.4 Å². The molecule has 0 atom stereocenters. The second-order valence-corrected chi connectivity index (χ2v) is 17.2. The van der Waals surface area contributed by atoms with Crippen molar-refractivity contribution in [2.45, 2.75) is 144 Å². The molecule has 0 bridgehead atoms. The van der Waals surface area contributed by atoms with Crippen LogP contribution in [0.4, 0.5) is 11.4 Å². The van der Waals surface area contributed by atoms with Gasteiger partial charge in [0.05, 0.1) is 16.8 Å². The van der Waals surface area contributed by atoms with Gasteiger partial charge in [-0.3, -0.25) is 14.4 Å². The van der Waals surface area contributed by atoms with E-state index < -0.39 is 7.55 Å². The lowest BCUT2D eigenvalue weighted by Gasteiger charge is -2.29. The summed E-state index contributed by atoms with van der Waals surface area (Å²) in [4.78, 5) is 42.9. The number of unbranched alkanes of at least 4 members (excludes halogenated alkanes) is 8. The van der Waals surface area contributed by atoms with Crippen molar-refractivity contribution in [3.8, 4) is 0 Å². The Labute approximate surface area is 315 Å². The third kappa shape index (κ3) is 12.4. The molecule has 0 heterocycles. The van der Waals surface area contributed by atoms with Crippen LogP contribution in [0.1, 0.15) is 150 Å². The summed E-state index contributed by atoms with van der Waals surface area (Å²) in [7, 11) is -0.830. The number of carbonyl (C=O) groups is 3. The van der Waals surface area contributed by atoms with E-state index in [4.69, 9.17) is 0 Å². The summed E-state index contributed by atoms with van der Waals surface area (Å²) in [5, 5.41) is 19.2. The number of nitrogens with one attached hydrogen (secondary N) is 2. The van der Waals surface area contributed by atoms with E-state index in [-0.39, 0.29) is 34.5 Å². The fourth-order valence-electron chi connectivity index (χ4n) is 7.17.